The van der Waals surface area contributed by atoms with Crippen molar-refractivity contribution in [2.24, 2.45) is 10.5 Å². The van der Waals surface area contributed by atoms with Crippen molar-refractivity contribution in [2.45, 2.75) is 26.1 Å². The number of thioether (sulfide) groups is 1. The van der Waals surface area contributed by atoms with E-state index in [1.54, 1.807) is 16.8 Å². The largest absolute Gasteiger partial charge is 0.573 e. The molecule has 1 unspecified atom stereocenters. The van der Waals surface area contributed by atoms with E-state index in [0.29, 0.717) is 17.3 Å². The molecule has 0 radical (unpaired) electrons. The van der Waals surface area contributed by atoms with Gasteiger partial charge in [-0.05, 0) is 66.8 Å². The number of hydrogen-bond donors (Lipinski definition) is 1. The van der Waals surface area contributed by atoms with Crippen LogP contribution < -0.4 is 10.1 Å². The summed E-state index contributed by atoms with van der Waals surface area (Å²) in [6, 6.07) is 12.5. The molecule has 1 heterocycles. The van der Waals surface area contributed by atoms with E-state index in [1.165, 1.54) is 12.1 Å². The van der Waals surface area contributed by atoms with Crippen molar-refractivity contribution >= 4 is 40.7 Å². The lowest BCUT2D eigenvalue weighted by molar-refractivity contribution is -0.274. The molecule has 1 aliphatic heterocycles. The third kappa shape index (κ3) is 7.30. The lowest BCUT2D eigenvalue weighted by atomic mass is 9.78. The maximum atomic E-state index is 12.6. The third-order valence-corrected chi connectivity index (χ3v) is 6.19. The van der Waals surface area contributed by atoms with Gasteiger partial charge in [-0.1, -0.05) is 30.7 Å². The van der Waals surface area contributed by atoms with Crippen molar-refractivity contribution < 1.29 is 22.7 Å². The molecule has 33 heavy (non-hydrogen) atoms. The van der Waals surface area contributed by atoms with E-state index in [4.69, 9.17) is 16.7 Å². The van der Waals surface area contributed by atoms with Gasteiger partial charge in [0.2, 0.25) is 5.91 Å². The molecule has 3 rings (SSSR count). The molecule has 0 saturated carbocycles. The minimum Gasteiger partial charge on any atom is -0.406 e. The normalized spacial score (nSPS) is 18.2. The number of amides is 1. The first-order valence-corrected chi connectivity index (χ1v) is 12.1. The summed E-state index contributed by atoms with van der Waals surface area (Å²) in [4.78, 5) is 12.6. The maximum Gasteiger partial charge on any atom is 0.573 e. The highest BCUT2D eigenvalue weighted by Gasteiger charge is 2.39. The van der Waals surface area contributed by atoms with E-state index in [1.807, 2.05) is 24.3 Å². The van der Waals surface area contributed by atoms with E-state index in [9.17, 15) is 18.0 Å². The Bertz CT molecular complexity index is 984. The van der Waals surface area contributed by atoms with Crippen LogP contribution in [0.1, 0.15) is 25.3 Å². The first-order chi connectivity index (χ1) is 15.6. The van der Waals surface area contributed by atoms with E-state index in [2.05, 4.69) is 23.2 Å². The molecular formula is C23H25ClF3N3O2S. The summed E-state index contributed by atoms with van der Waals surface area (Å²) in [7, 11) is 0. The molecule has 10 heteroatoms. The fourth-order valence-electron chi connectivity index (χ4n) is 3.79. The summed E-state index contributed by atoms with van der Waals surface area (Å²) in [6.45, 7) is 2.76. The third-order valence-electron chi connectivity index (χ3n) is 5.24. The molecule has 5 nitrogen and oxygen atoms in total. The number of rotatable bonds is 9. The minimum atomic E-state index is -4.76. The molecule has 178 valence electrons. The van der Waals surface area contributed by atoms with E-state index in [-0.39, 0.29) is 23.6 Å². The Balaban J connectivity index is 1.68. The fourth-order valence-corrected chi connectivity index (χ4v) is 4.35. The molecule has 0 saturated heterocycles. The summed E-state index contributed by atoms with van der Waals surface area (Å²) in [5.41, 5.74) is 2.04. The second-order valence-corrected chi connectivity index (χ2v) is 9.48. The Hall–Kier alpha value is -2.39. The molecule has 1 atom stereocenters. The van der Waals surface area contributed by atoms with Crippen molar-refractivity contribution in [3.05, 3.63) is 59.1 Å². The number of carbonyl (C=O) groups excluding carboxylic acids is 1. The molecule has 2 aromatic rings. The standard InChI is InChI=1S/C23H25ClF3N3O2S/c1-22(12-3-13-33-2)15-30(29-21(22)16-4-6-17(24)7-5-16)14-20(31)28-18-8-10-19(11-9-18)32-23(25,26)27/h4-11H,3,12-15H2,1-2H3,(H,28,31). The monoisotopic (exact) mass is 499 g/mol. The number of ether oxygens (including phenoxy) is 1. The van der Waals surface area contributed by atoms with Gasteiger partial charge in [-0.25, -0.2) is 0 Å². The number of nitrogens with one attached hydrogen (secondary N) is 1. The molecule has 0 spiro atoms. The van der Waals surface area contributed by atoms with Crippen molar-refractivity contribution in [1.29, 1.82) is 0 Å². The average molecular weight is 500 g/mol. The highest BCUT2D eigenvalue weighted by molar-refractivity contribution is 7.98. The topological polar surface area (TPSA) is 53.9 Å². The number of alkyl halides is 3. The van der Waals surface area contributed by atoms with Gasteiger partial charge in [-0.2, -0.15) is 16.9 Å². The van der Waals surface area contributed by atoms with Gasteiger partial charge in [0.25, 0.3) is 0 Å². The van der Waals surface area contributed by atoms with Crippen LogP contribution in [0, 0.1) is 5.41 Å². The van der Waals surface area contributed by atoms with Crippen molar-refractivity contribution in [3.63, 3.8) is 0 Å². The smallest absolute Gasteiger partial charge is 0.406 e. The molecule has 1 aliphatic rings. The Kier molecular flexibility index (Phi) is 8.18. The highest BCUT2D eigenvalue weighted by Crippen LogP contribution is 2.36. The Morgan fingerprint density at radius 1 is 1.21 bits per heavy atom. The lowest BCUT2D eigenvalue weighted by Crippen LogP contribution is -2.34. The molecule has 1 amide bonds. The summed E-state index contributed by atoms with van der Waals surface area (Å²) in [6.07, 6.45) is -0.739. The molecule has 0 aromatic heterocycles. The van der Waals surface area contributed by atoms with Gasteiger partial charge < -0.3 is 10.1 Å². The summed E-state index contributed by atoms with van der Waals surface area (Å²) < 4.78 is 40.7. The maximum absolute atomic E-state index is 12.6. The second-order valence-electron chi connectivity index (χ2n) is 8.06. The van der Waals surface area contributed by atoms with E-state index < -0.39 is 6.36 Å². The Labute approximate surface area is 200 Å². The zero-order chi connectivity index (χ0) is 24.1. The SMILES string of the molecule is CSCCCC1(C)CN(CC(=O)Nc2ccc(OC(F)(F)F)cc2)N=C1c1ccc(Cl)cc1. The zero-order valence-electron chi connectivity index (χ0n) is 18.3. The van der Waals surface area contributed by atoms with Gasteiger partial charge in [0.1, 0.15) is 12.3 Å². The van der Waals surface area contributed by atoms with Gasteiger partial charge in [-0.15, -0.1) is 13.2 Å². The van der Waals surface area contributed by atoms with Crippen LogP contribution in [0.5, 0.6) is 5.75 Å². The second kappa shape index (κ2) is 10.7. The average Bonchev–Trinajstić information content (AvgIpc) is 3.05. The predicted octanol–water partition coefficient (Wildman–Crippen LogP) is 6.05. The minimum absolute atomic E-state index is 0.0238. The van der Waals surface area contributed by atoms with Crippen LogP contribution in [0.4, 0.5) is 18.9 Å². The van der Waals surface area contributed by atoms with Crippen LogP contribution in [0.25, 0.3) is 0 Å². The summed E-state index contributed by atoms with van der Waals surface area (Å²) in [5, 5.41) is 9.82. The van der Waals surface area contributed by atoms with Gasteiger partial charge >= 0.3 is 6.36 Å². The summed E-state index contributed by atoms with van der Waals surface area (Å²) >= 11 is 7.83. The number of carbonyl (C=O) groups is 1. The molecule has 2 aromatic carbocycles. The number of hydrogen-bond acceptors (Lipinski definition) is 5. The Morgan fingerprint density at radius 3 is 2.48 bits per heavy atom. The predicted molar refractivity (Wildman–Crippen MR) is 127 cm³/mol. The van der Waals surface area contributed by atoms with Crippen molar-refractivity contribution in [3.8, 4) is 5.75 Å². The van der Waals surface area contributed by atoms with Gasteiger partial charge in [0.15, 0.2) is 0 Å². The quantitative estimate of drug-likeness (QED) is 0.427. The Morgan fingerprint density at radius 2 is 1.88 bits per heavy atom. The van der Waals surface area contributed by atoms with Crippen LogP contribution >= 0.6 is 23.4 Å². The van der Waals surface area contributed by atoms with Crippen molar-refractivity contribution in [1.82, 2.24) is 5.01 Å². The van der Waals surface area contributed by atoms with Crippen LogP contribution in [0.3, 0.4) is 0 Å². The van der Waals surface area contributed by atoms with E-state index in [0.717, 1.165) is 42.0 Å². The molecule has 1 N–H and O–H groups in total. The summed E-state index contributed by atoms with van der Waals surface area (Å²) in [5.74, 6) is 0.378. The van der Waals surface area contributed by atoms with Crippen LogP contribution in [0.2, 0.25) is 5.02 Å². The highest BCUT2D eigenvalue weighted by atomic mass is 35.5. The van der Waals surface area contributed by atoms with Crippen molar-refractivity contribution in [2.75, 3.05) is 30.4 Å². The van der Waals surface area contributed by atoms with Crippen LogP contribution in [-0.4, -0.2) is 48.1 Å². The number of anilines is 1. The molecular weight excluding hydrogens is 475 g/mol. The number of benzene rings is 2. The first-order valence-electron chi connectivity index (χ1n) is 10.3. The molecule has 0 bridgehead atoms. The molecule has 0 fully saturated rings. The lowest BCUT2D eigenvalue weighted by Gasteiger charge is -2.26. The first kappa shape index (κ1) is 25.2. The number of hydrazone groups is 1. The zero-order valence-corrected chi connectivity index (χ0v) is 19.9. The van der Waals surface area contributed by atoms with Crippen LogP contribution in [0.15, 0.2) is 53.6 Å². The number of halogens is 4. The fraction of sp³-hybridized carbons (Fsp3) is 0.391. The van der Waals surface area contributed by atoms with E-state index >= 15 is 0 Å². The number of nitrogens with zero attached hydrogens (tertiary/aromatic N) is 2. The van der Waals surface area contributed by atoms with Gasteiger partial charge in [0.05, 0.1) is 5.71 Å². The van der Waals surface area contributed by atoms with Gasteiger partial charge in [-0.3, -0.25) is 9.80 Å². The molecule has 0 aliphatic carbocycles. The van der Waals surface area contributed by atoms with Crippen LogP contribution in [-0.2, 0) is 4.79 Å². The van der Waals surface area contributed by atoms with Gasteiger partial charge in [0, 0.05) is 22.7 Å².